The third-order valence-corrected chi connectivity index (χ3v) is 4.97. The number of benzene rings is 2. The summed E-state index contributed by atoms with van der Waals surface area (Å²) in [6.45, 7) is 6.56. The lowest BCUT2D eigenvalue weighted by atomic mass is 9.87. The highest BCUT2D eigenvalue weighted by Gasteiger charge is 2.28. The van der Waals surface area contributed by atoms with Crippen LogP contribution in [-0.4, -0.2) is 17.6 Å². The van der Waals surface area contributed by atoms with Crippen LogP contribution >= 0.6 is 15.9 Å². The van der Waals surface area contributed by atoms with Gasteiger partial charge in [-0.15, -0.1) is 0 Å². The van der Waals surface area contributed by atoms with Crippen molar-refractivity contribution >= 4 is 32.8 Å². The highest BCUT2D eigenvalue weighted by molar-refractivity contribution is 9.10. The maximum absolute atomic E-state index is 12.6. The largest absolute Gasteiger partial charge is 0.467 e. The predicted octanol–water partition coefficient (Wildman–Crippen LogP) is 5.46. The number of ether oxygens (including phenoxy) is 1. The summed E-state index contributed by atoms with van der Waals surface area (Å²) in [6, 6.07) is 15.5. The van der Waals surface area contributed by atoms with E-state index in [0.717, 1.165) is 15.6 Å². The normalized spacial score (nSPS) is 13.0. The molecular weight excluding hydrogens is 378 g/mol. The number of esters is 1. The van der Waals surface area contributed by atoms with Crippen molar-refractivity contribution in [1.29, 1.82) is 0 Å². The van der Waals surface area contributed by atoms with Crippen molar-refractivity contribution in [3.05, 3.63) is 70.3 Å². The summed E-state index contributed by atoms with van der Waals surface area (Å²) in [7, 11) is 1.44. The summed E-state index contributed by atoms with van der Waals surface area (Å²) >= 11 is 3.45. The minimum absolute atomic E-state index is 0.0226. The molecule has 0 aliphatic carbocycles. The maximum Gasteiger partial charge on any atom is 0.333 e. The van der Waals surface area contributed by atoms with Gasteiger partial charge < -0.3 is 9.30 Å². The monoisotopic (exact) mass is 399 g/mol. The number of carbonyl (C=O) groups excluding carboxylic acids is 1. The fraction of sp³-hybridized carbons (Fsp3) is 0.286. The van der Waals surface area contributed by atoms with Gasteiger partial charge in [-0.25, -0.2) is 4.79 Å². The summed E-state index contributed by atoms with van der Waals surface area (Å²) in [5.74, 6) is -0.275. The van der Waals surface area contributed by atoms with Gasteiger partial charge in [0.2, 0.25) is 0 Å². The number of hydrogen-bond acceptors (Lipinski definition) is 2. The number of carbonyl (C=O) groups is 1. The zero-order chi connectivity index (χ0) is 18.2. The quantitative estimate of drug-likeness (QED) is 0.547. The van der Waals surface area contributed by atoms with Gasteiger partial charge in [-0.3, -0.25) is 0 Å². The summed E-state index contributed by atoms with van der Waals surface area (Å²) in [6.07, 6.45) is 2.09. The number of para-hydroxylation sites is 1. The van der Waals surface area contributed by atoms with E-state index in [1.165, 1.54) is 18.1 Å². The Morgan fingerprint density at radius 2 is 1.72 bits per heavy atom. The lowest BCUT2D eigenvalue weighted by molar-refractivity contribution is -0.143. The second-order valence-electron chi connectivity index (χ2n) is 7.19. The highest BCUT2D eigenvalue weighted by atomic mass is 79.9. The minimum atomic E-state index is -0.515. The topological polar surface area (TPSA) is 31.2 Å². The predicted molar refractivity (Wildman–Crippen MR) is 105 cm³/mol. The van der Waals surface area contributed by atoms with Crippen LogP contribution in [0.3, 0.4) is 0 Å². The Balaban J connectivity index is 2.26. The maximum atomic E-state index is 12.6. The molecule has 0 bridgehead atoms. The van der Waals surface area contributed by atoms with E-state index >= 15 is 0 Å². The van der Waals surface area contributed by atoms with E-state index in [9.17, 15) is 4.79 Å². The molecule has 2 aromatic carbocycles. The minimum Gasteiger partial charge on any atom is -0.467 e. The van der Waals surface area contributed by atoms with E-state index < -0.39 is 6.04 Å². The Labute approximate surface area is 156 Å². The molecule has 0 fully saturated rings. The molecular formula is C21H22BrNO2. The Kier molecular flexibility index (Phi) is 4.74. The SMILES string of the molecule is COC(=O)C(c1ccc(Br)cc1)n1cc(C(C)(C)C)c2ccccc21. The lowest BCUT2D eigenvalue weighted by Crippen LogP contribution is -2.21. The number of hydrogen-bond donors (Lipinski definition) is 0. The van der Waals surface area contributed by atoms with E-state index in [4.69, 9.17) is 4.74 Å². The van der Waals surface area contributed by atoms with Crippen molar-refractivity contribution in [2.24, 2.45) is 0 Å². The zero-order valence-electron chi connectivity index (χ0n) is 14.9. The van der Waals surface area contributed by atoms with Crippen molar-refractivity contribution < 1.29 is 9.53 Å². The second kappa shape index (κ2) is 6.68. The van der Waals surface area contributed by atoms with Crippen LogP contribution in [0, 0.1) is 0 Å². The van der Waals surface area contributed by atoms with E-state index in [1.807, 2.05) is 41.0 Å². The van der Waals surface area contributed by atoms with E-state index in [2.05, 4.69) is 55.0 Å². The first-order valence-corrected chi connectivity index (χ1v) is 9.05. The van der Waals surface area contributed by atoms with Gasteiger partial charge in [-0.1, -0.05) is 67.0 Å². The van der Waals surface area contributed by atoms with Gasteiger partial charge in [0.1, 0.15) is 0 Å². The van der Waals surface area contributed by atoms with Crippen molar-refractivity contribution in [3.63, 3.8) is 0 Å². The molecule has 25 heavy (non-hydrogen) atoms. The van der Waals surface area contributed by atoms with Crippen molar-refractivity contribution in [1.82, 2.24) is 4.57 Å². The van der Waals surface area contributed by atoms with Crippen LogP contribution in [-0.2, 0) is 14.9 Å². The molecule has 1 unspecified atom stereocenters. The molecule has 0 amide bonds. The van der Waals surface area contributed by atoms with Gasteiger partial charge in [-0.2, -0.15) is 0 Å². The Morgan fingerprint density at radius 1 is 1.08 bits per heavy atom. The average molecular weight is 400 g/mol. The number of aromatic nitrogens is 1. The molecule has 3 aromatic rings. The Hall–Kier alpha value is -2.07. The van der Waals surface area contributed by atoms with E-state index in [-0.39, 0.29) is 11.4 Å². The van der Waals surface area contributed by atoms with Gasteiger partial charge in [0.05, 0.1) is 7.11 Å². The molecule has 3 rings (SSSR count). The van der Waals surface area contributed by atoms with Crippen LogP contribution in [0.4, 0.5) is 0 Å². The van der Waals surface area contributed by atoms with Crippen LogP contribution in [0.1, 0.15) is 37.9 Å². The van der Waals surface area contributed by atoms with Crippen LogP contribution in [0.2, 0.25) is 0 Å². The van der Waals surface area contributed by atoms with Crippen molar-refractivity contribution in [2.75, 3.05) is 7.11 Å². The number of rotatable bonds is 3. The third-order valence-electron chi connectivity index (χ3n) is 4.44. The van der Waals surface area contributed by atoms with Gasteiger partial charge in [0.15, 0.2) is 6.04 Å². The van der Waals surface area contributed by atoms with Crippen molar-refractivity contribution in [3.8, 4) is 0 Å². The number of fused-ring (bicyclic) bond motifs is 1. The van der Waals surface area contributed by atoms with Crippen LogP contribution < -0.4 is 0 Å². The van der Waals surface area contributed by atoms with Crippen molar-refractivity contribution in [2.45, 2.75) is 32.2 Å². The molecule has 0 aliphatic heterocycles. The molecule has 1 aromatic heterocycles. The Bertz CT molecular complexity index is 904. The number of methoxy groups -OCH3 is 1. The van der Waals surface area contributed by atoms with Gasteiger partial charge >= 0.3 is 5.97 Å². The first-order chi connectivity index (χ1) is 11.8. The van der Waals surface area contributed by atoms with Crippen LogP contribution in [0.25, 0.3) is 10.9 Å². The summed E-state index contributed by atoms with van der Waals surface area (Å²) in [4.78, 5) is 12.6. The standard InChI is InChI=1S/C21H22BrNO2/c1-21(2,3)17-13-23(18-8-6-5-7-16(17)18)19(20(24)25-4)14-9-11-15(22)12-10-14/h5-13,19H,1-4H3. The molecule has 130 valence electrons. The molecule has 1 heterocycles. The average Bonchev–Trinajstić information content (AvgIpc) is 2.96. The molecule has 4 heteroatoms. The van der Waals surface area contributed by atoms with Crippen LogP contribution in [0.5, 0.6) is 0 Å². The van der Waals surface area contributed by atoms with Crippen LogP contribution in [0.15, 0.2) is 59.2 Å². The second-order valence-corrected chi connectivity index (χ2v) is 8.11. The molecule has 3 nitrogen and oxygen atoms in total. The number of halogens is 1. The Morgan fingerprint density at radius 3 is 2.32 bits per heavy atom. The molecule has 0 spiro atoms. The molecule has 0 radical (unpaired) electrons. The molecule has 1 atom stereocenters. The smallest absolute Gasteiger partial charge is 0.333 e. The van der Waals surface area contributed by atoms with Gasteiger partial charge in [-0.05, 0) is 34.7 Å². The molecule has 0 aliphatic rings. The summed E-state index contributed by atoms with van der Waals surface area (Å²) in [5.41, 5.74) is 3.13. The molecule has 0 saturated heterocycles. The fourth-order valence-corrected chi connectivity index (χ4v) is 3.45. The lowest BCUT2D eigenvalue weighted by Gasteiger charge is -2.19. The summed E-state index contributed by atoms with van der Waals surface area (Å²) < 4.78 is 8.14. The highest BCUT2D eigenvalue weighted by Crippen LogP contribution is 2.35. The third kappa shape index (κ3) is 3.36. The fourth-order valence-electron chi connectivity index (χ4n) is 3.18. The van der Waals surface area contributed by atoms with E-state index in [0.29, 0.717) is 0 Å². The van der Waals surface area contributed by atoms with Gasteiger partial charge in [0, 0.05) is 21.6 Å². The summed E-state index contributed by atoms with van der Waals surface area (Å²) in [5, 5.41) is 1.17. The zero-order valence-corrected chi connectivity index (χ0v) is 16.5. The molecule has 0 N–H and O–H groups in total. The number of nitrogens with zero attached hydrogens (tertiary/aromatic N) is 1. The van der Waals surface area contributed by atoms with E-state index in [1.54, 1.807) is 0 Å². The molecule has 0 saturated carbocycles. The first-order valence-electron chi connectivity index (χ1n) is 8.26. The first kappa shape index (κ1) is 17.7. The van der Waals surface area contributed by atoms with Gasteiger partial charge in [0.25, 0.3) is 0 Å².